The van der Waals surface area contributed by atoms with Gasteiger partial charge in [-0.25, -0.2) is 9.18 Å². The maximum atomic E-state index is 13.2. The van der Waals surface area contributed by atoms with Crippen LogP contribution in [0.15, 0.2) is 18.2 Å². The van der Waals surface area contributed by atoms with E-state index in [-0.39, 0.29) is 5.69 Å². The molecule has 0 fully saturated rings. The van der Waals surface area contributed by atoms with Gasteiger partial charge in [0.2, 0.25) is 0 Å². The highest BCUT2D eigenvalue weighted by Crippen LogP contribution is 2.14. The number of para-hydroxylation sites is 1. The van der Waals surface area contributed by atoms with E-state index in [9.17, 15) is 9.18 Å². The molecule has 0 spiro atoms. The van der Waals surface area contributed by atoms with E-state index >= 15 is 0 Å². The summed E-state index contributed by atoms with van der Waals surface area (Å²) in [5, 5.41) is 2.58. The third-order valence-electron chi connectivity index (χ3n) is 2.19. The molecule has 3 N–H and O–H groups in total. The van der Waals surface area contributed by atoms with Crippen molar-refractivity contribution in [2.45, 2.75) is 32.8 Å². The Morgan fingerprint density at radius 3 is 2.80 bits per heavy atom. The molecule has 0 bridgehead atoms. The molecule has 0 heterocycles. The van der Waals surface area contributed by atoms with Gasteiger partial charge in [-0.05, 0) is 32.9 Å². The van der Waals surface area contributed by atoms with Gasteiger partial charge in [-0.15, -0.1) is 0 Å². The summed E-state index contributed by atoms with van der Waals surface area (Å²) in [7, 11) is 0. The third kappa shape index (κ3) is 5.61. The number of halogens is 1. The van der Waals surface area contributed by atoms with Gasteiger partial charge >= 0.3 is 6.09 Å². The molecule has 0 aliphatic rings. The quantitative estimate of drug-likeness (QED) is 0.496. The standard InChI is InChI=1S/C15H19FN2O2/c1-15(2,3)20-14(19)18-10-5-4-7-11-8-6-9-12(16)13(11)17/h6,8-9H,5,10,17H2,1-3H3,(H,18,19). The number of nitrogens with one attached hydrogen (secondary N) is 1. The van der Waals surface area contributed by atoms with Gasteiger partial charge in [0.15, 0.2) is 0 Å². The molecule has 0 unspecified atom stereocenters. The number of nitrogen functional groups attached to an aromatic ring is 1. The minimum Gasteiger partial charge on any atom is -0.444 e. The van der Waals surface area contributed by atoms with Crippen LogP contribution in [0.5, 0.6) is 0 Å². The molecule has 108 valence electrons. The number of nitrogens with two attached hydrogens (primary N) is 1. The maximum absolute atomic E-state index is 13.2. The van der Waals surface area contributed by atoms with Crippen LogP contribution in [0.2, 0.25) is 0 Å². The van der Waals surface area contributed by atoms with Gasteiger partial charge in [0, 0.05) is 13.0 Å². The molecular weight excluding hydrogens is 259 g/mol. The Morgan fingerprint density at radius 2 is 2.15 bits per heavy atom. The van der Waals surface area contributed by atoms with Crippen molar-refractivity contribution >= 4 is 11.8 Å². The molecule has 1 rings (SSSR count). The zero-order valence-electron chi connectivity index (χ0n) is 11.9. The van der Waals surface area contributed by atoms with Crippen LogP contribution in [-0.2, 0) is 4.74 Å². The average molecular weight is 278 g/mol. The highest BCUT2D eigenvalue weighted by Gasteiger charge is 2.15. The highest BCUT2D eigenvalue weighted by atomic mass is 19.1. The Labute approximate surface area is 118 Å². The van der Waals surface area contributed by atoms with E-state index in [4.69, 9.17) is 10.5 Å². The minimum atomic E-state index is -0.522. The molecule has 5 heteroatoms. The number of amides is 1. The Bertz CT molecular complexity index is 539. The molecule has 20 heavy (non-hydrogen) atoms. The van der Waals surface area contributed by atoms with Crippen molar-refractivity contribution in [1.82, 2.24) is 5.32 Å². The van der Waals surface area contributed by atoms with Gasteiger partial charge in [-0.2, -0.15) is 0 Å². The molecule has 0 saturated heterocycles. The van der Waals surface area contributed by atoms with Gasteiger partial charge in [0.1, 0.15) is 11.4 Å². The van der Waals surface area contributed by atoms with E-state index in [0.29, 0.717) is 18.5 Å². The SMILES string of the molecule is CC(C)(C)OC(=O)NCCC#Cc1cccc(F)c1N. The van der Waals surface area contributed by atoms with Crippen molar-refractivity contribution in [3.63, 3.8) is 0 Å². The first-order chi connectivity index (χ1) is 9.29. The van der Waals surface area contributed by atoms with Crippen molar-refractivity contribution in [2.24, 2.45) is 0 Å². The minimum absolute atomic E-state index is 0.0418. The summed E-state index contributed by atoms with van der Waals surface area (Å²) < 4.78 is 18.2. The summed E-state index contributed by atoms with van der Waals surface area (Å²) in [6, 6.07) is 4.48. The Kier molecular flexibility index (Phi) is 5.39. The van der Waals surface area contributed by atoms with E-state index in [0.717, 1.165) is 0 Å². The number of rotatable bonds is 2. The van der Waals surface area contributed by atoms with Crippen molar-refractivity contribution in [3.8, 4) is 11.8 Å². The van der Waals surface area contributed by atoms with Crippen LogP contribution in [0.3, 0.4) is 0 Å². The number of benzene rings is 1. The zero-order valence-corrected chi connectivity index (χ0v) is 11.9. The van der Waals surface area contributed by atoms with E-state index in [1.54, 1.807) is 32.9 Å². The number of alkyl carbamates (subject to hydrolysis) is 1. The lowest BCUT2D eigenvalue weighted by atomic mass is 10.2. The van der Waals surface area contributed by atoms with E-state index in [1.807, 2.05) is 0 Å². The number of ether oxygens (including phenoxy) is 1. The monoisotopic (exact) mass is 278 g/mol. The van der Waals surface area contributed by atoms with Crippen molar-refractivity contribution < 1.29 is 13.9 Å². The molecule has 0 aliphatic heterocycles. The molecule has 1 aromatic rings. The molecule has 0 aromatic heterocycles. The smallest absolute Gasteiger partial charge is 0.407 e. The lowest BCUT2D eigenvalue weighted by Gasteiger charge is -2.19. The number of carbonyl (C=O) groups excluding carboxylic acids is 1. The topological polar surface area (TPSA) is 64.3 Å². The van der Waals surface area contributed by atoms with Gasteiger partial charge in [0.05, 0.1) is 11.3 Å². The van der Waals surface area contributed by atoms with Crippen LogP contribution in [-0.4, -0.2) is 18.2 Å². The van der Waals surface area contributed by atoms with Crippen molar-refractivity contribution in [2.75, 3.05) is 12.3 Å². The molecule has 0 radical (unpaired) electrons. The molecule has 4 nitrogen and oxygen atoms in total. The van der Waals surface area contributed by atoms with E-state index < -0.39 is 17.5 Å². The summed E-state index contributed by atoms with van der Waals surface area (Å²) in [6.45, 7) is 5.73. The summed E-state index contributed by atoms with van der Waals surface area (Å²) in [5.74, 6) is 5.11. The number of hydrogen-bond acceptors (Lipinski definition) is 3. The Hall–Kier alpha value is -2.22. The highest BCUT2D eigenvalue weighted by molar-refractivity contribution is 5.67. The second kappa shape index (κ2) is 6.80. The molecule has 1 aromatic carbocycles. The van der Waals surface area contributed by atoms with Crippen LogP contribution in [0.4, 0.5) is 14.9 Å². The first-order valence-electron chi connectivity index (χ1n) is 6.29. The van der Waals surface area contributed by atoms with Crippen LogP contribution >= 0.6 is 0 Å². The number of carbonyl (C=O) groups is 1. The zero-order chi connectivity index (χ0) is 15.2. The van der Waals surface area contributed by atoms with Crippen molar-refractivity contribution in [1.29, 1.82) is 0 Å². The molecule has 0 atom stereocenters. The fourth-order valence-corrected chi connectivity index (χ4v) is 1.34. The van der Waals surface area contributed by atoms with Crippen LogP contribution < -0.4 is 11.1 Å². The van der Waals surface area contributed by atoms with Crippen LogP contribution in [0.25, 0.3) is 0 Å². The van der Waals surface area contributed by atoms with Gasteiger partial charge < -0.3 is 15.8 Å². The molecule has 0 aliphatic carbocycles. The average Bonchev–Trinajstić information content (AvgIpc) is 2.31. The number of anilines is 1. The predicted octanol–water partition coefficient (Wildman–Crippen LogP) is 2.67. The van der Waals surface area contributed by atoms with Gasteiger partial charge in [-0.1, -0.05) is 17.9 Å². The normalized spacial score (nSPS) is 10.4. The first kappa shape index (κ1) is 15.8. The second-order valence-electron chi connectivity index (χ2n) is 5.18. The van der Waals surface area contributed by atoms with Gasteiger partial charge in [-0.3, -0.25) is 0 Å². The largest absolute Gasteiger partial charge is 0.444 e. The summed E-state index contributed by atoms with van der Waals surface area (Å²) >= 11 is 0. The maximum Gasteiger partial charge on any atom is 0.407 e. The second-order valence-corrected chi connectivity index (χ2v) is 5.18. The summed E-state index contributed by atoms with van der Waals surface area (Å²) in [5.41, 5.74) is 5.51. The lowest BCUT2D eigenvalue weighted by Crippen LogP contribution is -2.32. The molecule has 1 amide bonds. The van der Waals surface area contributed by atoms with E-state index in [2.05, 4.69) is 17.2 Å². The molecule has 0 saturated carbocycles. The summed E-state index contributed by atoms with van der Waals surface area (Å²) in [4.78, 5) is 11.3. The van der Waals surface area contributed by atoms with E-state index in [1.165, 1.54) is 6.07 Å². The molecular formula is C15H19FN2O2. The van der Waals surface area contributed by atoms with Crippen LogP contribution in [0, 0.1) is 17.7 Å². The Balaban J connectivity index is 2.41. The number of hydrogen-bond donors (Lipinski definition) is 2. The predicted molar refractivity (Wildman–Crippen MR) is 76.5 cm³/mol. The fourth-order valence-electron chi connectivity index (χ4n) is 1.34. The van der Waals surface area contributed by atoms with Crippen LogP contribution in [0.1, 0.15) is 32.8 Å². The summed E-state index contributed by atoms with van der Waals surface area (Å²) in [6.07, 6.45) is -0.0561. The van der Waals surface area contributed by atoms with Crippen molar-refractivity contribution in [3.05, 3.63) is 29.6 Å². The lowest BCUT2D eigenvalue weighted by molar-refractivity contribution is 0.0529. The first-order valence-corrected chi connectivity index (χ1v) is 6.29. The van der Waals surface area contributed by atoms with Gasteiger partial charge in [0.25, 0.3) is 0 Å². The Morgan fingerprint density at radius 1 is 1.45 bits per heavy atom. The fraction of sp³-hybridized carbons (Fsp3) is 0.400. The third-order valence-corrected chi connectivity index (χ3v) is 2.19.